The van der Waals surface area contributed by atoms with Gasteiger partial charge in [-0.05, 0) is 80.5 Å². The number of hydrogen-bond donors (Lipinski definition) is 2. The maximum atomic E-state index is 13.3. The second kappa shape index (κ2) is 4.15. The fourth-order valence-corrected chi connectivity index (χ4v) is 5.92. The van der Waals surface area contributed by atoms with Gasteiger partial charge in [-0.1, -0.05) is 0 Å². The summed E-state index contributed by atoms with van der Waals surface area (Å²) in [4.78, 5) is 16.5. The van der Waals surface area contributed by atoms with Gasteiger partial charge in [0.2, 0.25) is 0 Å². The van der Waals surface area contributed by atoms with Crippen molar-refractivity contribution in [3.63, 3.8) is 0 Å². The standard InChI is InChI=1S/C19H21NO2/c21-15-1-2-16-14(6-15)7-17(20-16)18(22)19-8-11-3-12(9-19)5-13(4-11)10-19/h1-2,6-7,11-13,20-21H,3-5,8-10H2. The van der Waals surface area contributed by atoms with Gasteiger partial charge in [0.1, 0.15) is 5.75 Å². The Kier molecular flexibility index (Phi) is 2.41. The summed E-state index contributed by atoms with van der Waals surface area (Å²) in [5.41, 5.74) is 1.57. The Balaban J connectivity index is 1.55. The van der Waals surface area contributed by atoms with Crippen LogP contribution in [0, 0.1) is 23.2 Å². The number of aromatic nitrogens is 1. The van der Waals surface area contributed by atoms with Gasteiger partial charge in [0, 0.05) is 16.3 Å². The van der Waals surface area contributed by atoms with Crippen LogP contribution in [0.1, 0.15) is 49.0 Å². The van der Waals surface area contributed by atoms with E-state index in [0.29, 0.717) is 5.78 Å². The van der Waals surface area contributed by atoms with Gasteiger partial charge in [-0.2, -0.15) is 0 Å². The normalized spacial score (nSPS) is 36.1. The van der Waals surface area contributed by atoms with E-state index in [1.54, 1.807) is 12.1 Å². The molecule has 2 aromatic rings. The number of hydrogen-bond acceptors (Lipinski definition) is 2. The first-order valence-electron chi connectivity index (χ1n) is 8.48. The molecule has 0 atom stereocenters. The molecule has 4 bridgehead atoms. The van der Waals surface area contributed by atoms with E-state index >= 15 is 0 Å². The van der Waals surface area contributed by atoms with Crippen LogP contribution in [0.4, 0.5) is 0 Å². The van der Waals surface area contributed by atoms with Crippen molar-refractivity contribution in [2.24, 2.45) is 23.2 Å². The molecule has 0 saturated heterocycles. The number of carbonyl (C=O) groups excluding carboxylic acids is 1. The Morgan fingerprint density at radius 2 is 1.68 bits per heavy atom. The van der Waals surface area contributed by atoms with Crippen molar-refractivity contribution in [2.45, 2.75) is 38.5 Å². The average molecular weight is 295 g/mol. The lowest BCUT2D eigenvalue weighted by molar-refractivity contribution is -0.0355. The van der Waals surface area contributed by atoms with Crippen LogP contribution >= 0.6 is 0 Å². The van der Waals surface area contributed by atoms with E-state index in [-0.39, 0.29) is 11.2 Å². The molecule has 0 radical (unpaired) electrons. The van der Waals surface area contributed by atoms with Crippen LogP contribution < -0.4 is 0 Å². The maximum Gasteiger partial charge on any atom is 0.185 e. The predicted molar refractivity (Wildman–Crippen MR) is 84.9 cm³/mol. The molecule has 1 heterocycles. The lowest BCUT2D eigenvalue weighted by atomic mass is 9.48. The number of phenols is 1. The van der Waals surface area contributed by atoms with Gasteiger partial charge in [-0.25, -0.2) is 0 Å². The Labute approximate surface area is 129 Å². The van der Waals surface area contributed by atoms with Gasteiger partial charge >= 0.3 is 0 Å². The summed E-state index contributed by atoms with van der Waals surface area (Å²) in [6, 6.07) is 7.16. The molecule has 6 rings (SSSR count). The minimum Gasteiger partial charge on any atom is -0.508 e. The number of Topliss-reactive ketones (excluding diaryl/α,β-unsaturated/α-hetero) is 1. The van der Waals surface area contributed by atoms with E-state index in [9.17, 15) is 9.90 Å². The second-order valence-electron chi connectivity index (χ2n) is 7.98. The summed E-state index contributed by atoms with van der Waals surface area (Å²) in [5, 5.41) is 10.5. The van der Waals surface area contributed by atoms with Gasteiger partial charge in [-0.3, -0.25) is 4.79 Å². The third kappa shape index (κ3) is 1.71. The van der Waals surface area contributed by atoms with E-state index in [1.165, 1.54) is 19.3 Å². The monoisotopic (exact) mass is 295 g/mol. The van der Waals surface area contributed by atoms with Crippen LogP contribution in [0.25, 0.3) is 10.9 Å². The Morgan fingerprint density at radius 3 is 2.32 bits per heavy atom. The predicted octanol–water partition coefficient (Wildman–Crippen LogP) is 4.27. The number of rotatable bonds is 2. The Hall–Kier alpha value is -1.77. The summed E-state index contributed by atoms with van der Waals surface area (Å²) < 4.78 is 0. The zero-order valence-electron chi connectivity index (χ0n) is 12.6. The van der Waals surface area contributed by atoms with Gasteiger partial charge in [0.25, 0.3) is 0 Å². The number of ketones is 1. The molecule has 0 unspecified atom stereocenters. The van der Waals surface area contributed by atoms with Crippen LogP contribution in [0.5, 0.6) is 5.75 Å². The van der Waals surface area contributed by atoms with E-state index in [4.69, 9.17) is 0 Å². The molecule has 1 aromatic heterocycles. The van der Waals surface area contributed by atoms with Crippen LogP contribution in [-0.4, -0.2) is 15.9 Å². The molecule has 4 aliphatic rings. The SMILES string of the molecule is O=C(c1cc2cc(O)ccc2[nH]1)C12CC3CC(CC(C3)C1)C2. The molecule has 0 spiro atoms. The summed E-state index contributed by atoms with van der Waals surface area (Å²) in [6.07, 6.45) is 7.35. The van der Waals surface area contributed by atoms with E-state index in [0.717, 1.165) is 53.6 Å². The summed E-state index contributed by atoms with van der Waals surface area (Å²) in [7, 11) is 0. The average Bonchev–Trinajstić information content (AvgIpc) is 2.87. The summed E-state index contributed by atoms with van der Waals surface area (Å²) >= 11 is 0. The molecule has 1 aromatic carbocycles. The van der Waals surface area contributed by atoms with Crippen LogP contribution in [0.2, 0.25) is 0 Å². The molecule has 4 aliphatic carbocycles. The van der Waals surface area contributed by atoms with Crippen molar-refractivity contribution in [3.8, 4) is 5.75 Å². The molecule has 2 N–H and O–H groups in total. The number of aromatic amines is 1. The first-order chi connectivity index (χ1) is 10.6. The number of H-pyrrole nitrogens is 1. The van der Waals surface area contributed by atoms with Crippen LogP contribution in [-0.2, 0) is 0 Å². The molecule has 3 heteroatoms. The van der Waals surface area contributed by atoms with E-state index < -0.39 is 0 Å². The fraction of sp³-hybridized carbons (Fsp3) is 0.526. The van der Waals surface area contributed by atoms with Gasteiger partial charge < -0.3 is 10.1 Å². The molecule has 0 amide bonds. The minimum absolute atomic E-state index is 0.0995. The van der Waals surface area contributed by atoms with Crippen molar-refractivity contribution in [1.82, 2.24) is 4.98 Å². The van der Waals surface area contributed by atoms with Crippen molar-refractivity contribution >= 4 is 16.7 Å². The second-order valence-corrected chi connectivity index (χ2v) is 7.98. The molecule has 4 saturated carbocycles. The molecule has 3 nitrogen and oxygen atoms in total. The fourth-order valence-electron chi connectivity index (χ4n) is 5.92. The molecule has 22 heavy (non-hydrogen) atoms. The molecule has 4 fully saturated rings. The third-order valence-electron chi connectivity index (χ3n) is 6.37. The number of phenolic OH excluding ortho intramolecular Hbond substituents is 1. The molecule has 114 valence electrons. The topological polar surface area (TPSA) is 53.1 Å². The maximum absolute atomic E-state index is 13.3. The van der Waals surface area contributed by atoms with Gasteiger partial charge in [-0.15, -0.1) is 0 Å². The van der Waals surface area contributed by atoms with Crippen molar-refractivity contribution in [1.29, 1.82) is 0 Å². The van der Waals surface area contributed by atoms with Gasteiger partial charge in [0.05, 0.1) is 5.69 Å². The van der Waals surface area contributed by atoms with Crippen molar-refractivity contribution in [3.05, 3.63) is 30.0 Å². The van der Waals surface area contributed by atoms with Crippen molar-refractivity contribution in [2.75, 3.05) is 0 Å². The minimum atomic E-state index is -0.0995. The summed E-state index contributed by atoms with van der Waals surface area (Å²) in [6.45, 7) is 0. The molecule has 0 aliphatic heterocycles. The number of carbonyl (C=O) groups is 1. The lowest BCUT2D eigenvalue weighted by Gasteiger charge is -2.55. The highest BCUT2D eigenvalue weighted by molar-refractivity contribution is 6.03. The smallest absolute Gasteiger partial charge is 0.185 e. The first kappa shape index (κ1) is 12.7. The number of aromatic hydroxyl groups is 1. The zero-order chi connectivity index (χ0) is 14.9. The van der Waals surface area contributed by atoms with E-state index in [2.05, 4.69) is 4.98 Å². The van der Waals surface area contributed by atoms with Crippen molar-refractivity contribution < 1.29 is 9.90 Å². The van der Waals surface area contributed by atoms with E-state index in [1.807, 2.05) is 12.1 Å². The largest absolute Gasteiger partial charge is 0.508 e. The van der Waals surface area contributed by atoms with Crippen LogP contribution in [0.3, 0.4) is 0 Å². The lowest BCUT2D eigenvalue weighted by Crippen LogP contribution is -2.50. The highest BCUT2D eigenvalue weighted by Gasteiger charge is 2.54. The molecular formula is C19H21NO2. The van der Waals surface area contributed by atoms with Gasteiger partial charge in [0.15, 0.2) is 5.78 Å². The van der Waals surface area contributed by atoms with Crippen LogP contribution in [0.15, 0.2) is 24.3 Å². The highest BCUT2D eigenvalue weighted by atomic mass is 16.3. The Bertz CT molecular complexity index is 738. The third-order valence-corrected chi connectivity index (χ3v) is 6.37. The zero-order valence-corrected chi connectivity index (χ0v) is 12.6. The molecular weight excluding hydrogens is 274 g/mol. The first-order valence-corrected chi connectivity index (χ1v) is 8.48. The summed E-state index contributed by atoms with van der Waals surface area (Å²) in [5.74, 6) is 2.92. The number of nitrogens with one attached hydrogen (secondary N) is 1. The number of fused-ring (bicyclic) bond motifs is 1. The number of benzene rings is 1. The quantitative estimate of drug-likeness (QED) is 0.813. The highest BCUT2D eigenvalue weighted by Crippen LogP contribution is 2.60. The Morgan fingerprint density at radius 1 is 1.05 bits per heavy atom.